The molecule has 1 aromatic rings. The fourth-order valence-corrected chi connectivity index (χ4v) is 1.48. The molecule has 1 heterocycles. The molecule has 0 spiro atoms. The van der Waals surface area contributed by atoms with Gasteiger partial charge in [0.2, 0.25) is 0 Å². The van der Waals surface area contributed by atoms with Gasteiger partial charge in [0, 0.05) is 11.9 Å². The summed E-state index contributed by atoms with van der Waals surface area (Å²) in [5, 5.41) is 4.73. The molecule has 84 valence electrons. The summed E-state index contributed by atoms with van der Waals surface area (Å²) >= 11 is 1.25. The number of hydrogen-bond acceptors (Lipinski definition) is 5. The topological polar surface area (TPSA) is 77.2 Å². The van der Waals surface area contributed by atoms with Gasteiger partial charge < -0.3 is 15.8 Å². The Morgan fingerprint density at radius 2 is 2.47 bits per heavy atom. The van der Waals surface area contributed by atoms with Crippen LogP contribution in [0, 0.1) is 0 Å². The molecular formula is C9H15N3O2S. The second-order valence-corrected chi connectivity index (χ2v) is 4.14. The third-order valence-electron chi connectivity index (χ3n) is 1.59. The summed E-state index contributed by atoms with van der Waals surface area (Å²) in [7, 11) is 0. The highest BCUT2D eigenvalue weighted by Gasteiger charge is 2.08. The van der Waals surface area contributed by atoms with Gasteiger partial charge in [-0.3, -0.25) is 4.79 Å². The lowest BCUT2D eigenvalue weighted by Gasteiger charge is -2.07. The van der Waals surface area contributed by atoms with Crippen molar-refractivity contribution in [1.29, 1.82) is 0 Å². The molecular weight excluding hydrogens is 214 g/mol. The third kappa shape index (κ3) is 4.26. The number of nitrogens with one attached hydrogen (secondary N) is 1. The van der Waals surface area contributed by atoms with Gasteiger partial charge in [-0.25, -0.2) is 4.98 Å². The Morgan fingerprint density at radius 3 is 3.00 bits per heavy atom. The molecule has 1 amide bonds. The van der Waals surface area contributed by atoms with E-state index < -0.39 is 0 Å². The molecule has 0 aliphatic carbocycles. The lowest BCUT2D eigenvalue weighted by atomic mass is 10.4. The molecule has 1 rings (SSSR count). The van der Waals surface area contributed by atoms with Gasteiger partial charge in [0.25, 0.3) is 5.91 Å². The maximum absolute atomic E-state index is 11.4. The number of hydrogen-bond donors (Lipinski definition) is 2. The van der Waals surface area contributed by atoms with Crippen LogP contribution in [0.25, 0.3) is 0 Å². The van der Waals surface area contributed by atoms with E-state index in [9.17, 15) is 4.79 Å². The first-order chi connectivity index (χ1) is 7.09. The maximum Gasteiger partial charge on any atom is 0.270 e. The lowest BCUT2D eigenvalue weighted by Crippen LogP contribution is -2.28. The number of nitrogens with two attached hydrogens (primary N) is 1. The summed E-state index contributed by atoms with van der Waals surface area (Å²) in [5.41, 5.74) is 5.78. The Kier molecular flexibility index (Phi) is 4.51. The minimum atomic E-state index is -0.213. The van der Waals surface area contributed by atoms with E-state index in [1.54, 1.807) is 5.38 Å². The van der Waals surface area contributed by atoms with Crippen molar-refractivity contribution in [3.63, 3.8) is 0 Å². The largest absolute Gasteiger partial charge is 0.377 e. The zero-order valence-corrected chi connectivity index (χ0v) is 9.63. The maximum atomic E-state index is 11.4. The number of rotatable bonds is 5. The molecule has 0 saturated carbocycles. The minimum Gasteiger partial charge on any atom is -0.377 e. The number of anilines is 1. The van der Waals surface area contributed by atoms with Crippen molar-refractivity contribution >= 4 is 22.4 Å². The fraction of sp³-hybridized carbons (Fsp3) is 0.556. The minimum absolute atomic E-state index is 0.178. The number of carbonyl (C=O) groups excluding carboxylic acids is 1. The molecule has 0 aliphatic rings. The van der Waals surface area contributed by atoms with Crippen LogP contribution >= 0.6 is 11.3 Å². The van der Waals surface area contributed by atoms with Gasteiger partial charge in [0.15, 0.2) is 5.13 Å². The standard InChI is InChI=1S/C9H15N3O2S/c1-6(2)14-4-3-11-8(13)7-5-15-9(10)12-7/h5-6H,3-4H2,1-2H3,(H2,10,12)(H,11,13). The highest BCUT2D eigenvalue weighted by atomic mass is 32.1. The summed E-state index contributed by atoms with van der Waals surface area (Å²) in [5.74, 6) is -0.213. The van der Waals surface area contributed by atoms with Crippen LogP contribution in [0.4, 0.5) is 5.13 Å². The number of nitrogens with zero attached hydrogens (tertiary/aromatic N) is 1. The van der Waals surface area contributed by atoms with Crippen molar-refractivity contribution in [2.45, 2.75) is 20.0 Å². The number of amides is 1. The Morgan fingerprint density at radius 1 is 1.73 bits per heavy atom. The smallest absolute Gasteiger partial charge is 0.270 e. The summed E-state index contributed by atoms with van der Waals surface area (Å²) in [6.45, 7) is 4.88. The van der Waals surface area contributed by atoms with Crippen LogP contribution in [-0.2, 0) is 4.74 Å². The normalized spacial score (nSPS) is 10.6. The van der Waals surface area contributed by atoms with Crippen molar-refractivity contribution in [2.75, 3.05) is 18.9 Å². The molecule has 0 aliphatic heterocycles. The van der Waals surface area contributed by atoms with Crippen LogP contribution in [-0.4, -0.2) is 30.1 Å². The fourth-order valence-electron chi connectivity index (χ4n) is 0.942. The number of ether oxygens (including phenoxy) is 1. The number of carbonyl (C=O) groups is 1. The Balaban J connectivity index is 2.25. The van der Waals surface area contributed by atoms with Gasteiger partial charge in [-0.2, -0.15) is 0 Å². The van der Waals surface area contributed by atoms with Gasteiger partial charge in [-0.05, 0) is 13.8 Å². The van der Waals surface area contributed by atoms with Crippen molar-refractivity contribution in [1.82, 2.24) is 10.3 Å². The summed E-state index contributed by atoms with van der Waals surface area (Å²) < 4.78 is 5.28. The van der Waals surface area contributed by atoms with E-state index >= 15 is 0 Å². The van der Waals surface area contributed by atoms with Crippen molar-refractivity contribution in [2.24, 2.45) is 0 Å². The molecule has 5 nitrogen and oxygen atoms in total. The van der Waals surface area contributed by atoms with Gasteiger partial charge in [-0.15, -0.1) is 11.3 Å². The Hall–Kier alpha value is -1.14. The average Bonchev–Trinajstić information content (AvgIpc) is 2.59. The molecule has 3 N–H and O–H groups in total. The van der Waals surface area contributed by atoms with E-state index in [2.05, 4.69) is 10.3 Å². The van der Waals surface area contributed by atoms with E-state index in [-0.39, 0.29) is 12.0 Å². The van der Waals surface area contributed by atoms with Gasteiger partial charge in [-0.1, -0.05) is 0 Å². The molecule has 0 atom stereocenters. The van der Waals surface area contributed by atoms with Crippen LogP contribution in [0.2, 0.25) is 0 Å². The molecule has 6 heteroatoms. The first kappa shape index (κ1) is 11.9. The molecule has 0 radical (unpaired) electrons. The molecule has 0 bridgehead atoms. The zero-order chi connectivity index (χ0) is 11.3. The SMILES string of the molecule is CC(C)OCCNC(=O)c1csc(N)n1. The van der Waals surface area contributed by atoms with Crippen LogP contribution in [0.15, 0.2) is 5.38 Å². The van der Waals surface area contributed by atoms with Crippen LogP contribution in [0.3, 0.4) is 0 Å². The number of thiazole rings is 1. The van der Waals surface area contributed by atoms with E-state index in [0.29, 0.717) is 24.0 Å². The van der Waals surface area contributed by atoms with Gasteiger partial charge >= 0.3 is 0 Å². The molecule has 0 unspecified atom stereocenters. The van der Waals surface area contributed by atoms with Crippen LogP contribution in [0.1, 0.15) is 24.3 Å². The van der Waals surface area contributed by atoms with Crippen molar-refractivity contribution in [3.05, 3.63) is 11.1 Å². The molecule has 0 saturated heterocycles. The zero-order valence-electron chi connectivity index (χ0n) is 8.82. The van der Waals surface area contributed by atoms with Crippen LogP contribution < -0.4 is 11.1 Å². The second-order valence-electron chi connectivity index (χ2n) is 3.25. The second kappa shape index (κ2) is 5.67. The number of aromatic nitrogens is 1. The predicted octanol–water partition coefficient (Wildman–Crippen LogP) is 0.880. The highest BCUT2D eigenvalue weighted by molar-refractivity contribution is 7.13. The van der Waals surface area contributed by atoms with E-state index in [0.717, 1.165) is 0 Å². The molecule has 15 heavy (non-hydrogen) atoms. The number of nitrogen functional groups attached to an aromatic ring is 1. The molecule has 1 aromatic heterocycles. The Bertz CT molecular complexity index is 325. The quantitative estimate of drug-likeness (QED) is 0.735. The summed E-state index contributed by atoms with van der Waals surface area (Å²) in [6.07, 6.45) is 0.178. The lowest BCUT2D eigenvalue weighted by molar-refractivity contribution is 0.0745. The van der Waals surface area contributed by atoms with Gasteiger partial charge in [0.05, 0.1) is 12.7 Å². The summed E-state index contributed by atoms with van der Waals surface area (Å²) in [6, 6.07) is 0. The predicted molar refractivity (Wildman–Crippen MR) is 59.9 cm³/mol. The van der Waals surface area contributed by atoms with Gasteiger partial charge in [0.1, 0.15) is 5.69 Å². The highest BCUT2D eigenvalue weighted by Crippen LogP contribution is 2.10. The average molecular weight is 229 g/mol. The van der Waals surface area contributed by atoms with E-state index in [4.69, 9.17) is 10.5 Å². The molecule has 0 aromatic carbocycles. The van der Waals surface area contributed by atoms with Crippen LogP contribution in [0.5, 0.6) is 0 Å². The monoisotopic (exact) mass is 229 g/mol. The third-order valence-corrected chi connectivity index (χ3v) is 2.27. The summed E-state index contributed by atoms with van der Waals surface area (Å²) in [4.78, 5) is 15.3. The molecule has 0 fully saturated rings. The van der Waals surface area contributed by atoms with E-state index in [1.807, 2.05) is 13.8 Å². The van der Waals surface area contributed by atoms with Crippen molar-refractivity contribution < 1.29 is 9.53 Å². The van der Waals surface area contributed by atoms with Crippen molar-refractivity contribution in [3.8, 4) is 0 Å². The first-order valence-electron chi connectivity index (χ1n) is 4.70. The van der Waals surface area contributed by atoms with E-state index in [1.165, 1.54) is 11.3 Å². The first-order valence-corrected chi connectivity index (χ1v) is 5.58. The Labute approximate surface area is 92.6 Å².